The predicted octanol–water partition coefficient (Wildman–Crippen LogP) is 3.49. The molecule has 0 spiro atoms. The molecule has 18 heavy (non-hydrogen) atoms. The zero-order valence-corrected chi connectivity index (χ0v) is 11.1. The van der Waals surface area contributed by atoms with Gasteiger partial charge in [0.15, 0.2) is 0 Å². The van der Waals surface area contributed by atoms with E-state index in [2.05, 4.69) is 12.1 Å². The van der Waals surface area contributed by atoms with Crippen LogP contribution in [0, 0.1) is 5.92 Å². The van der Waals surface area contributed by atoms with E-state index < -0.39 is 5.60 Å². The van der Waals surface area contributed by atoms with E-state index in [4.69, 9.17) is 4.74 Å². The SMILES string of the molecule is CC(O)(CC1CC1)CC1CCOc2ccccc21. The lowest BCUT2D eigenvalue weighted by Gasteiger charge is -2.32. The van der Waals surface area contributed by atoms with Gasteiger partial charge >= 0.3 is 0 Å². The molecule has 0 radical (unpaired) electrons. The summed E-state index contributed by atoms with van der Waals surface area (Å²) >= 11 is 0. The van der Waals surface area contributed by atoms with E-state index in [-0.39, 0.29) is 0 Å². The Morgan fingerprint density at radius 3 is 2.78 bits per heavy atom. The average Bonchev–Trinajstić information content (AvgIpc) is 3.12. The van der Waals surface area contributed by atoms with Gasteiger partial charge in [0.2, 0.25) is 0 Å². The predicted molar refractivity (Wildman–Crippen MR) is 71.9 cm³/mol. The van der Waals surface area contributed by atoms with Crippen molar-refractivity contribution in [3.05, 3.63) is 29.8 Å². The number of fused-ring (bicyclic) bond motifs is 1. The molecule has 98 valence electrons. The van der Waals surface area contributed by atoms with Crippen molar-refractivity contribution in [2.75, 3.05) is 6.61 Å². The highest BCUT2D eigenvalue weighted by Gasteiger charge is 2.35. The summed E-state index contributed by atoms with van der Waals surface area (Å²) in [6, 6.07) is 8.27. The van der Waals surface area contributed by atoms with Crippen molar-refractivity contribution in [3.8, 4) is 5.75 Å². The number of hydrogen-bond acceptors (Lipinski definition) is 2. The molecule has 1 aromatic carbocycles. The van der Waals surface area contributed by atoms with Crippen molar-refractivity contribution in [2.45, 2.75) is 50.5 Å². The molecular weight excluding hydrogens is 224 g/mol. The van der Waals surface area contributed by atoms with Gasteiger partial charge in [-0.3, -0.25) is 0 Å². The fourth-order valence-corrected chi connectivity index (χ4v) is 3.19. The van der Waals surface area contributed by atoms with Gasteiger partial charge < -0.3 is 9.84 Å². The van der Waals surface area contributed by atoms with E-state index in [1.165, 1.54) is 18.4 Å². The van der Waals surface area contributed by atoms with Crippen molar-refractivity contribution in [2.24, 2.45) is 5.92 Å². The molecule has 1 aliphatic carbocycles. The number of para-hydroxylation sites is 1. The molecular formula is C16H22O2. The standard InChI is InChI=1S/C16H22O2/c1-16(17,10-12-6-7-12)11-13-8-9-18-15-5-3-2-4-14(13)15/h2-5,12-13,17H,6-11H2,1H3. The van der Waals surface area contributed by atoms with Crippen LogP contribution in [-0.4, -0.2) is 17.3 Å². The largest absolute Gasteiger partial charge is 0.493 e. The first-order valence-electron chi connectivity index (χ1n) is 7.08. The van der Waals surface area contributed by atoms with E-state index >= 15 is 0 Å². The van der Waals surface area contributed by atoms with Crippen LogP contribution < -0.4 is 4.74 Å². The third-order valence-corrected chi connectivity index (χ3v) is 4.19. The second kappa shape index (κ2) is 4.58. The molecule has 0 saturated heterocycles. The van der Waals surface area contributed by atoms with E-state index in [9.17, 15) is 5.11 Å². The quantitative estimate of drug-likeness (QED) is 0.881. The number of aliphatic hydroxyl groups is 1. The maximum Gasteiger partial charge on any atom is 0.122 e. The Labute approximate surface area is 109 Å². The highest BCUT2D eigenvalue weighted by Crippen LogP contribution is 2.43. The Balaban J connectivity index is 1.73. The topological polar surface area (TPSA) is 29.5 Å². The van der Waals surface area contributed by atoms with Crippen LogP contribution in [0.25, 0.3) is 0 Å². The van der Waals surface area contributed by atoms with Gasteiger partial charge in [0.1, 0.15) is 5.75 Å². The molecule has 2 atom stereocenters. The molecule has 2 unspecified atom stereocenters. The minimum atomic E-state index is -0.518. The summed E-state index contributed by atoms with van der Waals surface area (Å²) in [5.74, 6) is 2.23. The summed E-state index contributed by atoms with van der Waals surface area (Å²) in [4.78, 5) is 0. The Kier molecular flexibility index (Phi) is 3.06. The third kappa shape index (κ3) is 2.69. The van der Waals surface area contributed by atoms with Gasteiger partial charge in [-0.25, -0.2) is 0 Å². The molecule has 1 fully saturated rings. The molecule has 0 amide bonds. The summed E-state index contributed by atoms with van der Waals surface area (Å²) in [7, 11) is 0. The fraction of sp³-hybridized carbons (Fsp3) is 0.625. The van der Waals surface area contributed by atoms with Crippen molar-refractivity contribution >= 4 is 0 Å². The van der Waals surface area contributed by atoms with Gasteiger partial charge in [0, 0.05) is 0 Å². The summed E-state index contributed by atoms with van der Waals surface area (Å²) in [5.41, 5.74) is 0.760. The van der Waals surface area contributed by atoms with Crippen molar-refractivity contribution < 1.29 is 9.84 Å². The van der Waals surface area contributed by atoms with Crippen LogP contribution in [0.4, 0.5) is 0 Å². The fourth-order valence-electron chi connectivity index (χ4n) is 3.19. The number of ether oxygens (including phenoxy) is 1. The van der Waals surface area contributed by atoms with Crippen molar-refractivity contribution in [1.29, 1.82) is 0 Å². The molecule has 3 rings (SSSR count). The zero-order chi connectivity index (χ0) is 12.6. The minimum absolute atomic E-state index is 0.448. The van der Waals surface area contributed by atoms with Gasteiger partial charge in [-0.05, 0) is 49.7 Å². The molecule has 1 heterocycles. The van der Waals surface area contributed by atoms with E-state index in [0.717, 1.165) is 37.5 Å². The lowest BCUT2D eigenvalue weighted by Crippen LogP contribution is -2.29. The van der Waals surface area contributed by atoms with Gasteiger partial charge in [-0.1, -0.05) is 31.0 Å². The maximum absolute atomic E-state index is 10.6. The van der Waals surface area contributed by atoms with E-state index in [1.807, 2.05) is 19.1 Å². The number of hydrogen-bond donors (Lipinski definition) is 1. The van der Waals surface area contributed by atoms with E-state index in [0.29, 0.717) is 5.92 Å². The van der Waals surface area contributed by atoms with E-state index in [1.54, 1.807) is 0 Å². The van der Waals surface area contributed by atoms with Crippen LogP contribution >= 0.6 is 0 Å². The third-order valence-electron chi connectivity index (χ3n) is 4.19. The molecule has 2 aliphatic rings. The smallest absolute Gasteiger partial charge is 0.122 e. The lowest BCUT2D eigenvalue weighted by molar-refractivity contribution is 0.0252. The van der Waals surface area contributed by atoms with Gasteiger partial charge in [-0.15, -0.1) is 0 Å². The van der Waals surface area contributed by atoms with Crippen LogP contribution in [0.15, 0.2) is 24.3 Å². The molecule has 0 aromatic heterocycles. The highest BCUT2D eigenvalue weighted by atomic mass is 16.5. The van der Waals surface area contributed by atoms with Crippen molar-refractivity contribution in [1.82, 2.24) is 0 Å². The van der Waals surface area contributed by atoms with Crippen LogP contribution in [0.2, 0.25) is 0 Å². The number of benzene rings is 1. The number of rotatable bonds is 4. The van der Waals surface area contributed by atoms with Crippen LogP contribution in [0.5, 0.6) is 5.75 Å². The van der Waals surface area contributed by atoms with Gasteiger partial charge in [-0.2, -0.15) is 0 Å². The highest BCUT2D eigenvalue weighted by molar-refractivity contribution is 5.37. The second-order valence-corrected chi connectivity index (χ2v) is 6.22. The molecule has 1 aromatic rings. The first-order valence-corrected chi connectivity index (χ1v) is 7.08. The molecule has 1 N–H and O–H groups in total. The molecule has 2 heteroatoms. The molecule has 1 aliphatic heterocycles. The van der Waals surface area contributed by atoms with Gasteiger partial charge in [0.05, 0.1) is 12.2 Å². The van der Waals surface area contributed by atoms with Crippen molar-refractivity contribution in [3.63, 3.8) is 0 Å². The summed E-state index contributed by atoms with van der Waals surface area (Å²) in [6.07, 6.45) is 5.47. The first-order chi connectivity index (χ1) is 8.64. The zero-order valence-electron chi connectivity index (χ0n) is 11.1. The normalized spacial score (nSPS) is 26.0. The molecule has 1 saturated carbocycles. The molecule has 2 nitrogen and oxygen atoms in total. The summed E-state index contributed by atoms with van der Waals surface area (Å²) < 4.78 is 5.68. The monoisotopic (exact) mass is 246 g/mol. The Bertz CT molecular complexity index is 421. The maximum atomic E-state index is 10.6. The first kappa shape index (κ1) is 12.0. The van der Waals surface area contributed by atoms with Crippen LogP contribution in [0.1, 0.15) is 50.5 Å². The van der Waals surface area contributed by atoms with Crippen LogP contribution in [-0.2, 0) is 0 Å². The Hall–Kier alpha value is -1.02. The Morgan fingerprint density at radius 2 is 2.00 bits per heavy atom. The lowest BCUT2D eigenvalue weighted by atomic mass is 9.81. The summed E-state index contributed by atoms with van der Waals surface area (Å²) in [5, 5.41) is 10.6. The minimum Gasteiger partial charge on any atom is -0.493 e. The Morgan fingerprint density at radius 1 is 1.22 bits per heavy atom. The average molecular weight is 246 g/mol. The van der Waals surface area contributed by atoms with Crippen LogP contribution in [0.3, 0.4) is 0 Å². The second-order valence-electron chi connectivity index (χ2n) is 6.22. The molecule has 0 bridgehead atoms. The van der Waals surface area contributed by atoms with Gasteiger partial charge in [0.25, 0.3) is 0 Å². The summed E-state index contributed by atoms with van der Waals surface area (Å²) in [6.45, 7) is 2.78.